The van der Waals surface area contributed by atoms with Crippen LogP contribution >= 0.6 is 11.8 Å². The Morgan fingerprint density at radius 1 is 1.10 bits per heavy atom. The van der Waals surface area contributed by atoms with Crippen LogP contribution in [0.3, 0.4) is 0 Å². The third-order valence-electron chi connectivity index (χ3n) is 5.02. The molecule has 4 N–H and O–H groups in total. The lowest BCUT2D eigenvalue weighted by Gasteiger charge is -2.22. The van der Waals surface area contributed by atoms with Crippen molar-refractivity contribution in [1.82, 2.24) is 10.6 Å². The molecule has 2 amide bonds. The first-order chi connectivity index (χ1) is 18.4. The highest BCUT2D eigenvalue weighted by Crippen LogP contribution is 2.30. The molecule has 1 atom stereocenters. The lowest BCUT2D eigenvalue weighted by atomic mass is 10.0. The first kappa shape index (κ1) is 31.4. The van der Waals surface area contributed by atoms with Crippen molar-refractivity contribution in [1.29, 1.82) is 0 Å². The topological polar surface area (TPSA) is 172 Å². The van der Waals surface area contributed by atoms with Crippen molar-refractivity contribution < 1.29 is 33.5 Å². The van der Waals surface area contributed by atoms with E-state index in [0.717, 1.165) is 11.1 Å². The standard InChI is InChI=1S/C26H34N4O8S/c1-26(2,3)38-25(33)29-21(24(32)36-4)16-39-15-19-13-18(7-10-22(19)30(34)35)17-5-8-20(9-6-17)37-14-23(31)28-12-11-27/h5-10,13,21H,11-12,14-16,27H2,1-4H3,(H,28,31)(H,29,33). The number of alkyl carbamates (subject to hydrolysis) is 1. The molecular weight excluding hydrogens is 528 g/mol. The van der Waals surface area contributed by atoms with Crippen molar-refractivity contribution in [2.24, 2.45) is 5.73 Å². The number of thioether (sulfide) groups is 1. The molecule has 12 nitrogen and oxygen atoms in total. The quantitative estimate of drug-likeness (QED) is 0.187. The molecule has 0 spiro atoms. The summed E-state index contributed by atoms with van der Waals surface area (Å²) in [5.74, 6) is -0.135. The fraction of sp³-hybridized carbons (Fsp3) is 0.423. The van der Waals surface area contributed by atoms with Crippen LogP contribution < -0.4 is 21.1 Å². The Labute approximate surface area is 231 Å². The summed E-state index contributed by atoms with van der Waals surface area (Å²) in [7, 11) is 1.21. The molecule has 0 bridgehead atoms. The monoisotopic (exact) mass is 562 g/mol. The van der Waals surface area contributed by atoms with Crippen LogP contribution in [0.15, 0.2) is 42.5 Å². The number of benzene rings is 2. The number of methoxy groups -OCH3 is 1. The summed E-state index contributed by atoms with van der Waals surface area (Å²) in [4.78, 5) is 47.1. The largest absolute Gasteiger partial charge is 0.484 e. The second kappa shape index (κ2) is 14.9. The smallest absolute Gasteiger partial charge is 0.408 e. The minimum Gasteiger partial charge on any atom is -0.484 e. The molecule has 0 aliphatic carbocycles. The number of esters is 1. The van der Waals surface area contributed by atoms with Gasteiger partial charge in [0.25, 0.3) is 11.6 Å². The van der Waals surface area contributed by atoms with Gasteiger partial charge < -0.3 is 30.6 Å². The van der Waals surface area contributed by atoms with Crippen LogP contribution in [0, 0.1) is 10.1 Å². The van der Waals surface area contributed by atoms with Crippen LogP contribution in [-0.4, -0.2) is 67.1 Å². The van der Waals surface area contributed by atoms with Crippen molar-refractivity contribution in [3.8, 4) is 16.9 Å². The highest BCUT2D eigenvalue weighted by molar-refractivity contribution is 7.98. The molecule has 0 saturated heterocycles. The maximum atomic E-state index is 12.2. The summed E-state index contributed by atoms with van der Waals surface area (Å²) in [5.41, 5.74) is 6.51. The Balaban J connectivity index is 2.10. The zero-order valence-corrected chi connectivity index (χ0v) is 23.2. The van der Waals surface area contributed by atoms with E-state index in [9.17, 15) is 24.5 Å². The van der Waals surface area contributed by atoms with Gasteiger partial charge in [-0.25, -0.2) is 9.59 Å². The van der Waals surface area contributed by atoms with E-state index in [1.807, 2.05) is 0 Å². The van der Waals surface area contributed by atoms with E-state index in [4.69, 9.17) is 19.9 Å². The minimum atomic E-state index is -0.998. The van der Waals surface area contributed by atoms with Gasteiger partial charge in [-0.1, -0.05) is 12.1 Å². The van der Waals surface area contributed by atoms with Crippen LogP contribution in [0.1, 0.15) is 26.3 Å². The number of nitro benzene ring substituents is 1. The Morgan fingerprint density at radius 2 is 1.77 bits per heavy atom. The Hall–Kier alpha value is -3.84. The molecule has 39 heavy (non-hydrogen) atoms. The molecule has 0 radical (unpaired) electrons. The molecular formula is C26H34N4O8S. The molecule has 13 heteroatoms. The number of nitrogens with two attached hydrogens (primary N) is 1. The Bertz CT molecular complexity index is 1150. The summed E-state index contributed by atoms with van der Waals surface area (Å²) in [6, 6.07) is 10.7. The SMILES string of the molecule is COC(=O)C(CSCc1cc(-c2ccc(OCC(=O)NCCN)cc2)ccc1[N+](=O)[O-])NC(=O)OC(C)(C)C. The predicted molar refractivity (Wildman–Crippen MR) is 147 cm³/mol. The molecule has 0 aromatic heterocycles. The number of nitrogens with one attached hydrogen (secondary N) is 2. The average molecular weight is 563 g/mol. The van der Waals surface area contributed by atoms with E-state index in [0.29, 0.717) is 24.4 Å². The number of nitro groups is 1. The number of carbonyl (C=O) groups is 3. The van der Waals surface area contributed by atoms with Gasteiger partial charge in [0.2, 0.25) is 0 Å². The first-order valence-electron chi connectivity index (χ1n) is 12.1. The molecule has 1 unspecified atom stereocenters. The van der Waals surface area contributed by atoms with Crippen molar-refractivity contribution in [2.75, 3.05) is 32.6 Å². The minimum absolute atomic E-state index is 0.0654. The maximum Gasteiger partial charge on any atom is 0.408 e. The molecule has 0 fully saturated rings. The normalized spacial score (nSPS) is 11.7. The zero-order valence-electron chi connectivity index (χ0n) is 22.4. The highest BCUT2D eigenvalue weighted by Gasteiger charge is 2.25. The van der Waals surface area contributed by atoms with Gasteiger partial charge in [-0.3, -0.25) is 14.9 Å². The second-order valence-electron chi connectivity index (χ2n) is 9.29. The number of hydrogen-bond acceptors (Lipinski definition) is 10. The molecule has 0 aliphatic rings. The van der Waals surface area contributed by atoms with Crippen molar-refractivity contribution in [3.63, 3.8) is 0 Å². The van der Waals surface area contributed by atoms with Crippen LogP contribution in [-0.2, 0) is 24.8 Å². The summed E-state index contributed by atoms with van der Waals surface area (Å²) in [6.07, 6.45) is -0.768. The van der Waals surface area contributed by atoms with Gasteiger partial charge in [-0.05, 0) is 56.2 Å². The van der Waals surface area contributed by atoms with Crippen molar-refractivity contribution in [3.05, 3.63) is 58.1 Å². The van der Waals surface area contributed by atoms with E-state index in [1.165, 1.54) is 24.9 Å². The lowest BCUT2D eigenvalue weighted by molar-refractivity contribution is -0.385. The summed E-state index contributed by atoms with van der Waals surface area (Å²) in [5, 5.41) is 16.7. The van der Waals surface area contributed by atoms with Gasteiger partial charge in [0, 0.05) is 36.2 Å². The van der Waals surface area contributed by atoms with Gasteiger partial charge in [0.15, 0.2) is 6.61 Å². The number of rotatable bonds is 13. The van der Waals surface area contributed by atoms with Crippen LogP contribution in [0.2, 0.25) is 0 Å². The van der Waals surface area contributed by atoms with Crippen LogP contribution in [0.4, 0.5) is 10.5 Å². The van der Waals surface area contributed by atoms with Gasteiger partial charge in [-0.2, -0.15) is 11.8 Å². The fourth-order valence-corrected chi connectivity index (χ4v) is 4.29. The molecule has 0 saturated carbocycles. The van der Waals surface area contributed by atoms with Gasteiger partial charge in [0.05, 0.1) is 12.0 Å². The molecule has 212 valence electrons. The van der Waals surface area contributed by atoms with E-state index >= 15 is 0 Å². The Morgan fingerprint density at radius 3 is 2.36 bits per heavy atom. The molecule has 2 rings (SSSR count). The maximum absolute atomic E-state index is 12.2. The second-order valence-corrected chi connectivity index (χ2v) is 10.3. The zero-order chi connectivity index (χ0) is 29.0. The van der Waals surface area contributed by atoms with E-state index in [-0.39, 0.29) is 29.7 Å². The van der Waals surface area contributed by atoms with Crippen molar-refractivity contribution in [2.45, 2.75) is 38.2 Å². The highest BCUT2D eigenvalue weighted by atomic mass is 32.2. The third-order valence-corrected chi connectivity index (χ3v) is 6.10. The van der Waals surface area contributed by atoms with E-state index < -0.39 is 28.6 Å². The van der Waals surface area contributed by atoms with E-state index in [2.05, 4.69) is 10.6 Å². The van der Waals surface area contributed by atoms with Crippen LogP contribution in [0.5, 0.6) is 5.75 Å². The van der Waals surface area contributed by atoms with Crippen LogP contribution in [0.25, 0.3) is 11.1 Å². The first-order valence-corrected chi connectivity index (χ1v) is 13.2. The molecule has 0 aliphatic heterocycles. The molecule has 2 aromatic rings. The molecule has 2 aromatic carbocycles. The summed E-state index contributed by atoms with van der Waals surface area (Å²) < 4.78 is 15.4. The number of hydrogen-bond donors (Lipinski definition) is 3. The number of amides is 2. The average Bonchev–Trinajstić information content (AvgIpc) is 2.88. The van der Waals surface area contributed by atoms with Gasteiger partial charge in [0.1, 0.15) is 17.4 Å². The summed E-state index contributed by atoms with van der Waals surface area (Å²) in [6.45, 7) is 5.66. The van der Waals surface area contributed by atoms with Crippen molar-refractivity contribution >= 4 is 35.4 Å². The lowest BCUT2D eigenvalue weighted by Crippen LogP contribution is -2.45. The van der Waals surface area contributed by atoms with Gasteiger partial charge >= 0.3 is 12.1 Å². The Kier molecular flexibility index (Phi) is 12.0. The molecule has 0 heterocycles. The summed E-state index contributed by atoms with van der Waals surface area (Å²) >= 11 is 1.23. The third kappa shape index (κ3) is 10.8. The number of ether oxygens (including phenoxy) is 3. The predicted octanol–water partition coefficient (Wildman–Crippen LogP) is 3.02. The van der Waals surface area contributed by atoms with Gasteiger partial charge in [-0.15, -0.1) is 0 Å². The fourth-order valence-electron chi connectivity index (χ4n) is 3.26. The van der Waals surface area contributed by atoms with E-state index in [1.54, 1.807) is 57.2 Å². The number of nitrogens with zero attached hydrogens (tertiary/aromatic N) is 1. The number of carbonyl (C=O) groups excluding carboxylic acids is 3.